The van der Waals surface area contributed by atoms with E-state index in [-0.39, 0.29) is 6.42 Å². The van der Waals surface area contributed by atoms with Crippen LogP contribution in [0, 0.1) is 13.8 Å². The quantitative estimate of drug-likeness (QED) is 0.880. The highest BCUT2D eigenvalue weighted by molar-refractivity contribution is 5.71. The lowest BCUT2D eigenvalue weighted by molar-refractivity contribution is -0.136. The van der Waals surface area contributed by atoms with Crippen LogP contribution in [0.3, 0.4) is 0 Å². The van der Waals surface area contributed by atoms with Crippen LogP contribution in [0.2, 0.25) is 0 Å². The van der Waals surface area contributed by atoms with E-state index >= 15 is 0 Å². The van der Waals surface area contributed by atoms with Gasteiger partial charge in [-0.25, -0.2) is 9.97 Å². The Bertz CT molecular complexity index is 574. The summed E-state index contributed by atoms with van der Waals surface area (Å²) in [6, 6.07) is 9.60. The van der Waals surface area contributed by atoms with Gasteiger partial charge in [-0.15, -0.1) is 0 Å². The van der Waals surface area contributed by atoms with Crippen molar-refractivity contribution in [3.8, 4) is 0 Å². The Morgan fingerprint density at radius 2 is 1.74 bits per heavy atom. The molecule has 0 amide bonds. The number of aryl methyl sites for hydroxylation is 2. The lowest BCUT2D eigenvalue weighted by Gasteiger charge is -2.10. The van der Waals surface area contributed by atoms with Gasteiger partial charge in [0, 0.05) is 22.6 Å². The molecule has 0 aliphatic heterocycles. The fourth-order valence-corrected chi connectivity index (χ4v) is 1.85. The molecule has 0 saturated heterocycles. The van der Waals surface area contributed by atoms with Crippen LogP contribution in [-0.2, 0) is 11.2 Å². The highest BCUT2D eigenvalue weighted by Gasteiger charge is 2.11. The standard InChI is InChI=1S/C14H15N3O2/c1-9-12(8-13(18)19)10(2)16-14(15-9)17-11-6-4-3-5-7-11/h3-7H,8H2,1-2H3,(H,18,19)(H,15,16,17). The molecule has 1 heterocycles. The van der Waals surface area contributed by atoms with Gasteiger partial charge < -0.3 is 10.4 Å². The van der Waals surface area contributed by atoms with E-state index in [1.807, 2.05) is 30.3 Å². The molecule has 1 aromatic heterocycles. The van der Waals surface area contributed by atoms with Crippen LogP contribution in [-0.4, -0.2) is 21.0 Å². The van der Waals surface area contributed by atoms with Gasteiger partial charge in [0.15, 0.2) is 0 Å². The summed E-state index contributed by atoms with van der Waals surface area (Å²) < 4.78 is 0. The van der Waals surface area contributed by atoms with Gasteiger partial charge in [-0.1, -0.05) is 18.2 Å². The lowest BCUT2D eigenvalue weighted by Crippen LogP contribution is -2.09. The summed E-state index contributed by atoms with van der Waals surface area (Å²) in [4.78, 5) is 19.4. The van der Waals surface area contributed by atoms with E-state index in [2.05, 4.69) is 15.3 Å². The summed E-state index contributed by atoms with van der Waals surface area (Å²) >= 11 is 0. The highest BCUT2D eigenvalue weighted by Crippen LogP contribution is 2.17. The van der Waals surface area contributed by atoms with E-state index in [9.17, 15) is 4.79 Å². The Morgan fingerprint density at radius 1 is 1.16 bits per heavy atom. The molecule has 2 rings (SSSR count). The highest BCUT2D eigenvalue weighted by atomic mass is 16.4. The molecule has 0 aliphatic carbocycles. The van der Waals surface area contributed by atoms with Crippen LogP contribution in [0.15, 0.2) is 30.3 Å². The molecule has 0 radical (unpaired) electrons. The van der Waals surface area contributed by atoms with Gasteiger partial charge in [0.05, 0.1) is 6.42 Å². The summed E-state index contributed by atoms with van der Waals surface area (Å²) in [6.45, 7) is 3.59. The molecule has 19 heavy (non-hydrogen) atoms. The molecule has 0 bridgehead atoms. The van der Waals surface area contributed by atoms with Gasteiger partial charge in [-0.2, -0.15) is 0 Å². The summed E-state index contributed by atoms with van der Waals surface area (Å²) in [5, 5.41) is 11.9. The summed E-state index contributed by atoms with van der Waals surface area (Å²) in [6.07, 6.45) is -0.0523. The number of aromatic nitrogens is 2. The Hall–Kier alpha value is -2.43. The Morgan fingerprint density at radius 3 is 2.26 bits per heavy atom. The molecule has 0 spiro atoms. The maximum atomic E-state index is 10.8. The molecule has 0 saturated carbocycles. The maximum absolute atomic E-state index is 10.8. The van der Waals surface area contributed by atoms with Crippen LogP contribution >= 0.6 is 0 Å². The lowest BCUT2D eigenvalue weighted by atomic mass is 10.1. The van der Waals surface area contributed by atoms with Crippen molar-refractivity contribution in [1.29, 1.82) is 0 Å². The average molecular weight is 257 g/mol. The van der Waals surface area contributed by atoms with Gasteiger partial charge in [-0.05, 0) is 26.0 Å². The van der Waals surface area contributed by atoms with E-state index in [4.69, 9.17) is 5.11 Å². The third kappa shape index (κ3) is 3.28. The van der Waals surface area contributed by atoms with Crippen LogP contribution in [0.1, 0.15) is 17.0 Å². The molecule has 2 aromatic rings. The van der Waals surface area contributed by atoms with E-state index in [1.54, 1.807) is 13.8 Å². The Balaban J connectivity index is 2.27. The minimum Gasteiger partial charge on any atom is -0.481 e. The largest absolute Gasteiger partial charge is 0.481 e. The number of nitrogens with one attached hydrogen (secondary N) is 1. The summed E-state index contributed by atoms with van der Waals surface area (Å²) in [7, 11) is 0. The number of para-hydroxylation sites is 1. The number of carboxylic acid groups (broad SMARTS) is 1. The number of carbonyl (C=O) groups is 1. The third-order valence-electron chi connectivity index (χ3n) is 2.78. The number of hydrogen-bond donors (Lipinski definition) is 2. The van der Waals surface area contributed by atoms with E-state index in [0.29, 0.717) is 22.9 Å². The second-order valence-electron chi connectivity index (χ2n) is 4.26. The van der Waals surface area contributed by atoms with Crippen molar-refractivity contribution in [3.63, 3.8) is 0 Å². The zero-order valence-electron chi connectivity index (χ0n) is 10.8. The van der Waals surface area contributed by atoms with Gasteiger partial charge in [0.1, 0.15) is 0 Å². The summed E-state index contributed by atoms with van der Waals surface area (Å²) in [5.41, 5.74) is 2.94. The molecule has 5 heteroatoms. The fourth-order valence-electron chi connectivity index (χ4n) is 1.85. The predicted molar refractivity (Wildman–Crippen MR) is 72.6 cm³/mol. The first-order valence-corrected chi connectivity index (χ1v) is 5.94. The number of carboxylic acids is 1. The molecule has 0 unspecified atom stereocenters. The van der Waals surface area contributed by atoms with Crippen LogP contribution in [0.25, 0.3) is 0 Å². The van der Waals surface area contributed by atoms with E-state index < -0.39 is 5.97 Å². The molecule has 2 N–H and O–H groups in total. The third-order valence-corrected chi connectivity index (χ3v) is 2.78. The first-order valence-electron chi connectivity index (χ1n) is 5.94. The molecule has 5 nitrogen and oxygen atoms in total. The second-order valence-corrected chi connectivity index (χ2v) is 4.26. The summed E-state index contributed by atoms with van der Waals surface area (Å²) in [5.74, 6) is -0.395. The molecular weight excluding hydrogens is 242 g/mol. The number of aliphatic carboxylic acids is 1. The number of rotatable bonds is 4. The molecule has 0 fully saturated rings. The van der Waals surface area contributed by atoms with E-state index in [0.717, 1.165) is 5.69 Å². The molecular formula is C14H15N3O2. The number of anilines is 2. The number of hydrogen-bond acceptors (Lipinski definition) is 4. The van der Waals surface area contributed by atoms with Crippen molar-refractivity contribution >= 4 is 17.6 Å². The Kier molecular flexibility index (Phi) is 3.75. The fraction of sp³-hybridized carbons (Fsp3) is 0.214. The minimum atomic E-state index is -0.876. The SMILES string of the molecule is Cc1nc(Nc2ccccc2)nc(C)c1CC(=O)O. The minimum absolute atomic E-state index is 0.0523. The van der Waals surface area contributed by atoms with Crippen molar-refractivity contribution in [1.82, 2.24) is 9.97 Å². The average Bonchev–Trinajstić information content (AvgIpc) is 2.35. The predicted octanol–water partition coefficient (Wildman–Crippen LogP) is 2.46. The van der Waals surface area contributed by atoms with Crippen molar-refractivity contribution in [2.24, 2.45) is 0 Å². The first kappa shape index (κ1) is 13.0. The zero-order chi connectivity index (χ0) is 13.8. The number of benzene rings is 1. The maximum Gasteiger partial charge on any atom is 0.307 e. The van der Waals surface area contributed by atoms with Crippen molar-refractivity contribution in [2.75, 3.05) is 5.32 Å². The molecule has 98 valence electrons. The van der Waals surface area contributed by atoms with Crippen molar-refractivity contribution < 1.29 is 9.90 Å². The Labute approximate surface area is 111 Å². The van der Waals surface area contributed by atoms with Crippen LogP contribution in [0.5, 0.6) is 0 Å². The first-order chi connectivity index (χ1) is 9.06. The molecule has 0 aliphatic rings. The second kappa shape index (κ2) is 5.48. The van der Waals surface area contributed by atoms with E-state index in [1.165, 1.54) is 0 Å². The van der Waals surface area contributed by atoms with Gasteiger partial charge in [0.2, 0.25) is 5.95 Å². The molecule has 0 atom stereocenters. The normalized spacial score (nSPS) is 10.2. The van der Waals surface area contributed by atoms with Gasteiger partial charge in [0.25, 0.3) is 0 Å². The topological polar surface area (TPSA) is 75.1 Å². The number of nitrogens with zero attached hydrogens (tertiary/aromatic N) is 2. The zero-order valence-corrected chi connectivity index (χ0v) is 10.8. The van der Waals surface area contributed by atoms with Crippen LogP contribution in [0.4, 0.5) is 11.6 Å². The van der Waals surface area contributed by atoms with Gasteiger partial charge >= 0.3 is 5.97 Å². The monoisotopic (exact) mass is 257 g/mol. The van der Waals surface area contributed by atoms with Gasteiger partial charge in [-0.3, -0.25) is 4.79 Å². The smallest absolute Gasteiger partial charge is 0.307 e. The van der Waals surface area contributed by atoms with Crippen molar-refractivity contribution in [3.05, 3.63) is 47.3 Å². The van der Waals surface area contributed by atoms with Crippen LogP contribution < -0.4 is 5.32 Å². The van der Waals surface area contributed by atoms with Crippen molar-refractivity contribution in [2.45, 2.75) is 20.3 Å². The molecule has 1 aromatic carbocycles.